The molecule has 0 saturated carbocycles. The van der Waals surface area contributed by atoms with Gasteiger partial charge in [0, 0.05) is 29.6 Å². The smallest absolute Gasteiger partial charge is 0.416 e. The molecule has 5 rings (SSSR count). The van der Waals surface area contributed by atoms with Crippen LogP contribution in [0, 0.1) is 0 Å². The van der Waals surface area contributed by atoms with Gasteiger partial charge in [0.15, 0.2) is 0 Å². The van der Waals surface area contributed by atoms with Crippen molar-refractivity contribution in [2.45, 2.75) is 63.9 Å². The number of nitrogens with zero attached hydrogens (tertiary/aromatic N) is 3. The van der Waals surface area contributed by atoms with E-state index in [9.17, 15) is 22.8 Å². The Hall–Kier alpha value is -4.28. The lowest BCUT2D eigenvalue weighted by Gasteiger charge is -2.33. The number of methoxy groups -OCH3 is 2. The van der Waals surface area contributed by atoms with E-state index < -0.39 is 35.4 Å². The molecule has 0 bridgehead atoms. The first-order valence-electron chi connectivity index (χ1n) is 14.5. The van der Waals surface area contributed by atoms with Gasteiger partial charge in [-0.15, -0.1) is 0 Å². The van der Waals surface area contributed by atoms with E-state index in [1.165, 1.54) is 24.1 Å². The maximum atomic E-state index is 13.4. The Morgan fingerprint density at radius 1 is 1.02 bits per heavy atom. The number of carbonyl (C=O) groups is 2. The van der Waals surface area contributed by atoms with Gasteiger partial charge in [0.05, 0.1) is 44.5 Å². The number of benzene rings is 2. The van der Waals surface area contributed by atoms with Crippen LogP contribution in [0.2, 0.25) is 0 Å². The minimum atomic E-state index is -4.52. The summed E-state index contributed by atoms with van der Waals surface area (Å²) >= 11 is 0. The van der Waals surface area contributed by atoms with Gasteiger partial charge in [-0.2, -0.15) is 13.2 Å². The van der Waals surface area contributed by atoms with Crippen LogP contribution in [0.25, 0.3) is 11.1 Å². The number of amides is 1. The molecular formula is C33H36F3N3O5. The molecule has 0 spiro atoms. The number of carbonyl (C=O) groups excluding carboxylic acids is 2. The summed E-state index contributed by atoms with van der Waals surface area (Å²) in [5.41, 5.74) is 1.85. The molecule has 1 unspecified atom stereocenters. The standard InChI is InChI=1S/C33H36F3N3O5/c1-20-30(21-8-6-9-23(16-21)33(34,35)36)44-31(41)39(20)19-26-24(11-13-28(37-26)38-14-7-15-38)25-17-22(10-12-27(25)42-4)32(2,3)18-29(40)43-5/h6,8-13,16-17,20,30H,7,14-15,18-19H2,1-5H3/t20-,30?/m0/s1. The van der Waals surface area contributed by atoms with Crippen LogP contribution in [-0.4, -0.2) is 55.3 Å². The van der Waals surface area contributed by atoms with Crippen LogP contribution in [0.4, 0.5) is 23.8 Å². The molecule has 2 aromatic carbocycles. The van der Waals surface area contributed by atoms with Gasteiger partial charge >= 0.3 is 18.2 Å². The first-order chi connectivity index (χ1) is 20.8. The highest BCUT2D eigenvalue weighted by Crippen LogP contribution is 2.41. The highest BCUT2D eigenvalue weighted by molar-refractivity contribution is 5.77. The molecule has 234 valence electrons. The molecule has 2 atom stereocenters. The first-order valence-corrected chi connectivity index (χ1v) is 14.5. The van der Waals surface area contributed by atoms with Crippen molar-refractivity contribution < 1.29 is 37.0 Å². The minimum Gasteiger partial charge on any atom is -0.496 e. The van der Waals surface area contributed by atoms with Crippen LogP contribution in [-0.2, 0) is 32.4 Å². The van der Waals surface area contributed by atoms with Crippen molar-refractivity contribution in [1.29, 1.82) is 0 Å². The third-order valence-corrected chi connectivity index (χ3v) is 8.48. The normalized spacial score (nSPS) is 18.6. The predicted octanol–water partition coefficient (Wildman–Crippen LogP) is 6.91. The van der Waals surface area contributed by atoms with E-state index in [-0.39, 0.29) is 24.5 Å². The topological polar surface area (TPSA) is 81.2 Å². The van der Waals surface area contributed by atoms with Crippen molar-refractivity contribution in [2.24, 2.45) is 0 Å². The summed E-state index contributed by atoms with van der Waals surface area (Å²) in [6.45, 7) is 7.46. The number of cyclic esters (lactones) is 1. The van der Waals surface area contributed by atoms with E-state index in [1.807, 2.05) is 44.2 Å². The second kappa shape index (κ2) is 12.0. The van der Waals surface area contributed by atoms with Gasteiger partial charge < -0.3 is 19.1 Å². The number of rotatable bonds is 9. The Kier molecular flexibility index (Phi) is 8.51. The van der Waals surface area contributed by atoms with Crippen molar-refractivity contribution in [3.8, 4) is 16.9 Å². The van der Waals surface area contributed by atoms with Crippen LogP contribution < -0.4 is 9.64 Å². The fourth-order valence-corrected chi connectivity index (χ4v) is 5.66. The Labute approximate surface area is 254 Å². The van der Waals surface area contributed by atoms with Crippen LogP contribution in [0.5, 0.6) is 5.75 Å². The molecule has 0 aliphatic carbocycles. The molecule has 0 radical (unpaired) electrons. The zero-order valence-electron chi connectivity index (χ0n) is 25.4. The van der Waals surface area contributed by atoms with Gasteiger partial charge in [-0.25, -0.2) is 9.78 Å². The quantitative estimate of drug-likeness (QED) is 0.243. The highest BCUT2D eigenvalue weighted by Gasteiger charge is 2.41. The predicted molar refractivity (Wildman–Crippen MR) is 158 cm³/mol. The first kappa shape index (κ1) is 31.2. The van der Waals surface area contributed by atoms with Gasteiger partial charge in [-0.3, -0.25) is 9.69 Å². The molecule has 2 saturated heterocycles. The number of ether oxygens (including phenoxy) is 3. The third kappa shape index (κ3) is 6.18. The third-order valence-electron chi connectivity index (χ3n) is 8.48. The largest absolute Gasteiger partial charge is 0.496 e. The van der Waals surface area contributed by atoms with E-state index in [1.54, 1.807) is 14.0 Å². The molecule has 2 aliphatic rings. The number of anilines is 1. The number of hydrogen-bond acceptors (Lipinski definition) is 7. The number of hydrogen-bond donors (Lipinski definition) is 0. The Morgan fingerprint density at radius 3 is 2.41 bits per heavy atom. The van der Waals surface area contributed by atoms with Gasteiger partial charge in [-0.05, 0) is 60.9 Å². The molecule has 3 heterocycles. The maximum absolute atomic E-state index is 13.4. The Bertz CT molecular complexity index is 1550. The molecule has 0 N–H and O–H groups in total. The van der Waals surface area contributed by atoms with E-state index in [0.717, 1.165) is 54.2 Å². The SMILES string of the molecule is COC(=O)CC(C)(C)c1ccc(OC)c(-c2ccc(N3CCC3)nc2CN2C(=O)OC(c3cccc(C(F)(F)F)c3)[C@@H]2C)c1. The highest BCUT2D eigenvalue weighted by atomic mass is 19.4. The molecule has 1 amide bonds. The second-order valence-corrected chi connectivity index (χ2v) is 11.9. The maximum Gasteiger partial charge on any atom is 0.416 e. The number of pyridine rings is 1. The summed E-state index contributed by atoms with van der Waals surface area (Å²) in [5, 5.41) is 0. The molecule has 1 aromatic heterocycles. The van der Waals surface area contributed by atoms with Gasteiger partial charge in [0.25, 0.3) is 0 Å². The average Bonchev–Trinajstić information content (AvgIpc) is 3.24. The van der Waals surface area contributed by atoms with Crippen molar-refractivity contribution in [3.63, 3.8) is 0 Å². The molecule has 2 aliphatic heterocycles. The zero-order valence-corrected chi connectivity index (χ0v) is 25.4. The lowest BCUT2D eigenvalue weighted by molar-refractivity contribution is -0.142. The van der Waals surface area contributed by atoms with Crippen LogP contribution in [0.1, 0.15) is 62.1 Å². The van der Waals surface area contributed by atoms with E-state index in [2.05, 4.69) is 4.90 Å². The van der Waals surface area contributed by atoms with Crippen LogP contribution in [0.15, 0.2) is 54.6 Å². The number of alkyl halides is 3. The average molecular weight is 612 g/mol. The summed E-state index contributed by atoms with van der Waals surface area (Å²) in [6, 6.07) is 13.9. The summed E-state index contributed by atoms with van der Waals surface area (Å²) in [7, 11) is 2.93. The molecule has 2 fully saturated rings. The van der Waals surface area contributed by atoms with Crippen molar-refractivity contribution in [3.05, 3.63) is 77.0 Å². The fourth-order valence-electron chi connectivity index (χ4n) is 5.66. The monoisotopic (exact) mass is 611 g/mol. The zero-order chi connectivity index (χ0) is 31.8. The number of halogens is 3. The lowest BCUT2D eigenvalue weighted by atomic mass is 9.80. The molecule has 8 nitrogen and oxygen atoms in total. The van der Waals surface area contributed by atoms with Crippen molar-refractivity contribution in [2.75, 3.05) is 32.2 Å². The van der Waals surface area contributed by atoms with Crippen LogP contribution in [0.3, 0.4) is 0 Å². The molecular weight excluding hydrogens is 575 g/mol. The van der Waals surface area contributed by atoms with E-state index >= 15 is 0 Å². The van der Waals surface area contributed by atoms with Crippen LogP contribution >= 0.6 is 0 Å². The summed E-state index contributed by atoms with van der Waals surface area (Å²) in [4.78, 5) is 34.0. The fraction of sp³-hybridized carbons (Fsp3) is 0.424. The molecule has 44 heavy (non-hydrogen) atoms. The summed E-state index contributed by atoms with van der Waals surface area (Å²) in [5.74, 6) is 1.03. The lowest BCUT2D eigenvalue weighted by Crippen LogP contribution is -2.38. The number of esters is 1. The van der Waals surface area contributed by atoms with E-state index in [4.69, 9.17) is 19.2 Å². The van der Waals surface area contributed by atoms with Crippen molar-refractivity contribution in [1.82, 2.24) is 9.88 Å². The Morgan fingerprint density at radius 2 is 1.77 bits per heavy atom. The molecule has 11 heteroatoms. The van der Waals surface area contributed by atoms with Gasteiger partial charge in [-0.1, -0.05) is 32.0 Å². The van der Waals surface area contributed by atoms with Crippen molar-refractivity contribution >= 4 is 17.9 Å². The minimum absolute atomic E-state index is 0.0609. The van der Waals surface area contributed by atoms with Gasteiger partial charge in [0.1, 0.15) is 17.7 Å². The summed E-state index contributed by atoms with van der Waals surface area (Å²) < 4.78 is 56.5. The number of aromatic nitrogens is 1. The second-order valence-electron chi connectivity index (χ2n) is 11.9. The van der Waals surface area contributed by atoms with Gasteiger partial charge in [0.2, 0.25) is 0 Å². The molecule has 3 aromatic rings. The van der Waals surface area contributed by atoms with E-state index in [0.29, 0.717) is 11.4 Å². The Balaban J connectivity index is 1.53. The summed E-state index contributed by atoms with van der Waals surface area (Å²) in [6.07, 6.45) is -4.82.